The van der Waals surface area contributed by atoms with Crippen molar-refractivity contribution in [3.05, 3.63) is 23.8 Å². The van der Waals surface area contributed by atoms with Crippen LogP contribution in [-0.2, 0) is 6.54 Å². The van der Waals surface area contributed by atoms with Crippen molar-refractivity contribution in [2.45, 2.75) is 26.3 Å². The molecule has 1 saturated heterocycles. The lowest BCUT2D eigenvalue weighted by atomic mass is 10.00. The highest BCUT2D eigenvalue weighted by atomic mass is 16.5. The molecule has 5 nitrogen and oxygen atoms in total. The molecule has 5 heteroatoms. The third-order valence-electron chi connectivity index (χ3n) is 3.77. The highest BCUT2D eigenvalue weighted by Crippen LogP contribution is 2.26. The van der Waals surface area contributed by atoms with Crippen LogP contribution in [-0.4, -0.2) is 36.2 Å². The molecule has 0 radical (unpaired) electrons. The van der Waals surface area contributed by atoms with Crippen molar-refractivity contribution in [1.82, 2.24) is 4.90 Å². The van der Waals surface area contributed by atoms with Crippen molar-refractivity contribution >= 4 is 5.96 Å². The van der Waals surface area contributed by atoms with Crippen molar-refractivity contribution in [2.24, 2.45) is 16.6 Å². The van der Waals surface area contributed by atoms with E-state index in [-0.39, 0.29) is 5.75 Å². The average molecular weight is 277 g/mol. The second kappa shape index (κ2) is 6.50. The number of nitrogens with zero attached hydrogens (tertiary/aromatic N) is 2. The van der Waals surface area contributed by atoms with E-state index >= 15 is 0 Å². The van der Waals surface area contributed by atoms with Gasteiger partial charge in [0.05, 0.1) is 13.7 Å². The van der Waals surface area contributed by atoms with Crippen LogP contribution in [0, 0.1) is 5.92 Å². The largest absolute Gasteiger partial charge is 0.504 e. The summed E-state index contributed by atoms with van der Waals surface area (Å²) in [5, 5.41) is 9.72. The second-order valence-corrected chi connectivity index (χ2v) is 5.35. The SMILES string of the molecule is COc1ccc(CN=C(N)N2CCC(C)CC2)cc1O. The van der Waals surface area contributed by atoms with E-state index in [4.69, 9.17) is 10.5 Å². The minimum absolute atomic E-state index is 0.130. The summed E-state index contributed by atoms with van der Waals surface area (Å²) in [6.07, 6.45) is 2.33. The molecule has 0 spiro atoms. The number of phenolic OH excluding ortho intramolecular Hbond substituents is 1. The van der Waals surface area contributed by atoms with E-state index in [1.807, 2.05) is 6.07 Å². The van der Waals surface area contributed by atoms with Gasteiger partial charge in [-0.25, -0.2) is 4.99 Å². The van der Waals surface area contributed by atoms with E-state index in [1.54, 1.807) is 12.1 Å². The van der Waals surface area contributed by atoms with Crippen LogP contribution < -0.4 is 10.5 Å². The van der Waals surface area contributed by atoms with Gasteiger partial charge in [-0.1, -0.05) is 13.0 Å². The molecule has 0 amide bonds. The zero-order valence-electron chi connectivity index (χ0n) is 12.2. The number of guanidine groups is 1. The molecule has 20 heavy (non-hydrogen) atoms. The van der Waals surface area contributed by atoms with Crippen molar-refractivity contribution in [3.63, 3.8) is 0 Å². The van der Waals surface area contributed by atoms with Crippen LogP contribution in [0.5, 0.6) is 11.5 Å². The first-order chi connectivity index (χ1) is 9.60. The summed E-state index contributed by atoms with van der Waals surface area (Å²) < 4.78 is 5.01. The molecule has 0 atom stereocenters. The number of benzene rings is 1. The molecule has 1 fully saturated rings. The van der Waals surface area contributed by atoms with E-state index in [9.17, 15) is 5.11 Å². The number of phenols is 1. The van der Waals surface area contributed by atoms with Gasteiger partial charge in [-0.15, -0.1) is 0 Å². The normalized spacial score (nSPS) is 17.3. The smallest absolute Gasteiger partial charge is 0.191 e. The first kappa shape index (κ1) is 14.5. The Hall–Kier alpha value is -1.91. The van der Waals surface area contributed by atoms with Crippen LogP contribution in [0.4, 0.5) is 0 Å². The highest BCUT2D eigenvalue weighted by Gasteiger charge is 2.16. The van der Waals surface area contributed by atoms with Gasteiger partial charge < -0.3 is 20.5 Å². The standard InChI is InChI=1S/C15H23N3O2/c1-11-5-7-18(8-6-11)15(16)17-10-12-3-4-14(20-2)13(19)9-12/h3-4,9,11,19H,5-8,10H2,1-2H3,(H2,16,17). The Morgan fingerprint density at radius 2 is 2.15 bits per heavy atom. The minimum Gasteiger partial charge on any atom is -0.504 e. The first-order valence-corrected chi connectivity index (χ1v) is 7.01. The molecular weight excluding hydrogens is 254 g/mol. The summed E-state index contributed by atoms with van der Waals surface area (Å²) >= 11 is 0. The molecule has 0 saturated carbocycles. The molecule has 0 bridgehead atoms. The first-order valence-electron chi connectivity index (χ1n) is 7.01. The second-order valence-electron chi connectivity index (χ2n) is 5.35. The number of aromatic hydroxyl groups is 1. The molecule has 3 N–H and O–H groups in total. The third-order valence-corrected chi connectivity index (χ3v) is 3.77. The van der Waals surface area contributed by atoms with Crippen molar-refractivity contribution < 1.29 is 9.84 Å². The van der Waals surface area contributed by atoms with Gasteiger partial charge in [0.2, 0.25) is 0 Å². The predicted molar refractivity (Wildman–Crippen MR) is 80.0 cm³/mol. The van der Waals surface area contributed by atoms with E-state index in [1.165, 1.54) is 20.0 Å². The lowest BCUT2D eigenvalue weighted by Gasteiger charge is -2.31. The number of rotatable bonds is 3. The van der Waals surface area contributed by atoms with Crippen LogP contribution >= 0.6 is 0 Å². The fourth-order valence-corrected chi connectivity index (χ4v) is 2.34. The zero-order valence-corrected chi connectivity index (χ0v) is 12.2. The Kier molecular flexibility index (Phi) is 4.71. The van der Waals surface area contributed by atoms with Gasteiger partial charge in [-0.05, 0) is 36.5 Å². The summed E-state index contributed by atoms with van der Waals surface area (Å²) in [7, 11) is 1.53. The molecule has 2 rings (SSSR count). The van der Waals surface area contributed by atoms with Crippen LogP contribution in [0.1, 0.15) is 25.3 Å². The topological polar surface area (TPSA) is 71.1 Å². The Morgan fingerprint density at radius 1 is 1.45 bits per heavy atom. The molecule has 1 aromatic carbocycles. The van der Waals surface area contributed by atoms with Gasteiger partial charge in [0.25, 0.3) is 0 Å². The van der Waals surface area contributed by atoms with Gasteiger partial charge in [-0.3, -0.25) is 0 Å². The summed E-state index contributed by atoms with van der Waals surface area (Å²) in [5.74, 6) is 1.96. The number of hydrogen-bond acceptors (Lipinski definition) is 3. The molecule has 1 aliphatic rings. The summed E-state index contributed by atoms with van der Waals surface area (Å²) in [5.41, 5.74) is 6.94. The summed E-state index contributed by atoms with van der Waals surface area (Å²) in [4.78, 5) is 6.54. The van der Waals surface area contributed by atoms with Gasteiger partial charge >= 0.3 is 0 Å². The van der Waals surface area contributed by atoms with Crippen molar-refractivity contribution in [2.75, 3.05) is 20.2 Å². The number of ether oxygens (including phenoxy) is 1. The van der Waals surface area contributed by atoms with Gasteiger partial charge in [0.15, 0.2) is 17.5 Å². The highest BCUT2D eigenvalue weighted by molar-refractivity contribution is 5.78. The molecule has 1 aromatic rings. The van der Waals surface area contributed by atoms with Crippen LogP contribution in [0.15, 0.2) is 23.2 Å². The quantitative estimate of drug-likeness (QED) is 0.654. The Morgan fingerprint density at radius 3 is 2.75 bits per heavy atom. The predicted octanol–water partition coefficient (Wildman–Crippen LogP) is 1.95. The lowest BCUT2D eigenvalue weighted by molar-refractivity contribution is 0.277. The number of methoxy groups -OCH3 is 1. The van der Waals surface area contributed by atoms with Gasteiger partial charge in [-0.2, -0.15) is 0 Å². The monoisotopic (exact) mass is 277 g/mol. The maximum atomic E-state index is 9.72. The van der Waals surface area contributed by atoms with Gasteiger partial charge in [0.1, 0.15) is 0 Å². The molecule has 1 heterocycles. The Bertz CT molecular complexity index is 480. The average Bonchev–Trinajstić information content (AvgIpc) is 2.45. The Balaban J connectivity index is 1.96. The third kappa shape index (κ3) is 3.56. The molecule has 0 aliphatic carbocycles. The molecule has 0 aromatic heterocycles. The number of hydrogen-bond donors (Lipinski definition) is 2. The van der Waals surface area contributed by atoms with E-state index in [2.05, 4.69) is 16.8 Å². The fraction of sp³-hybridized carbons (Fsp3) is 0.533. The number of piperidine rings is 1. The maximum absolute atomic E-state index is 9.72. The van der Waals surface area contributed by atoms with Crippen LogP contribution in [0.3, 0.4) is 0 Å². The maximum Gasteiger partial charge on any atom is 0.191 e. The van der Waals surface area contributed by atoms with Crippen molar-refractivity contribution in [3.8, 4) is 11.5 Å². The number of likely N-dealkylation sites (tertiary alicyclic amines) is 1. The molecular formula is C15H23N3O2. The zero-order chi connectivity index (χ0) is 14.5. The van der Waals surface area contributed by atoms with E-state index < -0.39 is 0 Å². The molecule has 110 valence electrons. The Labute approximate surface area is 120 Å². The van der Waals surface area contributed by atoms with Crippen molar-refractivity contribution in [1.29, 1.82) is 0 Å². The number of nitrogens with two attached hydrogens (primary N) is 1. The molecule has 0 unspecified atom stereocenters. The number of aliphatic imine (C=N–C) groups is 1. The lowest BCUT2D eigenvalue weighted by Crippen LogP contribution is -2.42. The van der Waals surface area contributed by atoms with E-state index in [0.717, 1.165) is 24.6 Å². The molecule has 1 aliphatic heterocycles. The van der Waals surface area contributed by atoms with Gasteiger partial charge in [0, 0.05) is 13.1 Å². The van der Waals surface area contributed by atoms with E-state index in [0.29, 0.717) is 18.3 Å². The van der Waals surface area contributed by atoms with Crippen LogP contribution in [0.2, 0.25) is 0 Å². The minimum atomic E-state index is 0.130. The summed E-state index contributed by atoms with van der Waals surface area (Å²) in [6, 6.07) is 5.28. The fourth-order valence-electron chi connectivity index (χ4n) is 2.34. The van der Waals surface area contributed by atoms with Crippen LogP contribution in [0.25, 0.3) is 0 Å². The summed E-state index contributed by atoms with van der Waals surface area (Å²) in [6.45, 7) is 4.69.